The lowest BCUT2D eigenvalue weighted by atomic mass is 10.4. The summed E-state index contributed by atoms with van der Waals surface area (Å²) in [5.74, 6) is 1.87. The Bertz CT molecular complexity index is 213. The van der Waals surface area contributed by atoms with Gasteiger partial charge in [-0.3, -0.25) is 9.97 Å². The van der Waals surface area contributed by atoms with Crippen LogP contribution < -0.4 is 5.73 Å². The van der Waals surface area contributed by atoms with E-state index in [0.29, 0.717) is 0 Å². The van der Waals surface area contributed by atoms with Crippen LogP contribution in [-0.4, -0.2) is 21.8 Å². The Balaban J connectivity index is 2.25. The molecule has 1 atom stereocenters. The van der Waals surface area contributed by atoms with E-state index in [1.54, 1.807) is 30.4 Å². The van der Waals surface area contributed by atoms with Crippen molar-refractivity contribution in [3.8, 4) is 0 Å². The maximum atomic E-state index is 5.60. The lowest BCUT2D eigenvalue weighted by Gasteiger charge is -2.03. The molecule has 0 aliphatic heterocycles. The summed E-state index contributed by atoms with van der Waals surface area (Å²) >= 11 is 1.79. The summed E-state index contributed by atoms with van der Waals surface area (Å²) in [6.45, 7) is 2.00. The fourth-order valence-corrected chi connectivity index (χ4v) is 1.60. The van der Waals surface area contributed by atoms with Crippen molar-refractivity contribution in [2.75, 3.05) is 5.75 Å². The third-order valence-electron chi connectivity index (χ3n) is 1.25. The molecule has 0 fully saturated rings. The number of rotatable bonds is 4. The highest BCUT2D eigenvalue weighted by molar-refractivity contribution is 7.98. The summed E-state index contributed by atoms with van der Waals surface area (Å²) in [6.07, 6.45) is 5.18. The van der Waals surface area contributed by atoms with Gasteiger partial charge in [-0.25, -0.2) is 0 Å². The minimum absolute atomic E-state index is 0.256. The molecule has 0 bridgehead atoms. The first-order chi connectivity index (χ1) is 5.79. The zero-order valence-electron chi connectivity index (χ0n) is 7.10. The van der Waals surface area contributed by atoms with E-state index in [-0.39, 0.29) is 6.04 Å². The third-order valence-corrected chi connectivity index (χ3v) is 2.51. The second-order valence-electron chi connectivity index (χ2n) is 2.69. The molecule has 2 N–H and O–H groups in total. The van der Waals surface area contributed by atoms with Crippen molar-refractivity contribution < 1.29 is 0 Å². The van der Waals surface area contributed by atoms with E-state index in [1.807, 2.05) is 6.92 Å². The van der Waals surface area contributed by atoms with Crippen LogP contribution in [0.2, 0.25) is 0 Å². The van der Waals surface area contributed by atoms with Crippen LogP contribution in [0.4, 0.5) is 0 Å². The number of nitrogens with two attached hydrogens (primary N) is 1. The van der Waals surface area contributed by atoms with Gasteiger partial charge in [0, 0.05) is 36.1 Å². The average molecular weight is 183 g/mol. The Labute approximate surface area is 76.8 Å². The molecule has 0 saturated heterocycles. The van der Waals surface area contributed by atoms with Crippen molar-refractivity contribution >= 4 is 11.8 Å². The normalized spacial score (nSPS) is 12.8. The van der Waals surface area contributed by atoms with Crippen molar-refractivity contribution in [2.45, 2.75) is 18.7 Å². The van der Waals surface area contributed by atoms with Crippen molar-refractivity contribution in [1.29, 1.82) is 0 Å². The van der Waals surface area contributed by atoms with Gasteiger partial charge in [0.15, 0.2) is 0 Å². The van der Waals surface area contributed by atoms with Gasteiger partial charge in [0.25, 0.3) is 0 Å². The SMILES string of the molecule is CC(N)CSCc1cnccn1. The largest absolute Gasteiger partial charge is 0.327 e. The van der Waals surface area contributed by atoms with Gasteiger partial charge < -0.3 is 5.73 Å². The van der Waals surface area contributed by atoms with Gasteiger partial charge in [0.1, 0.15) is 0 Å². The van der Waals surface area contributed by atoms with Gasteiger partial charge in [0.05, 0.1) is 5.69 Å². The van der Waals surface area contributed by atoms with Crippen LogP contribution in [0, 0.1) is 0 Å². The lowest BCUT2D eigenvalue weighted by molar-refractivity contribution is 0.846. The van der Waals surface area contributed by atoms with E-state index in [4.69, 9.17) is 5.73 Å². The topological polar surface area (TPSA) is 51.8 Å². The van der Waals surface area contributed by atoms with Crippen molar-refractivity contribution in [3.63, 3.8) is 0 Å². The van der Waals surface area contributed by atoms with Crippen LogP contribution in [0.3, 0.4) is 0 Å². The summed E-state index contributed by atoms with van der Waals surface area (Å²) < 4.78 is 0. The van der Waals surface area contributed by atoms with Crippen molar-refractivity contribution in [1.82, 2.24) is 9.97 Å². The molecule has 12 heavy (non-hydrogen) atoms. The first kappa shape index (κ1) is 9.48. The van der Waals surface area contributed by atoms with E-state index in [2.05, 4.69) is 9.97 Å². The Morgan fingerprint density at radius 1 is 1.58 bits per heavy atom. The monoisotopic (exact) mass is 183 g/mol. The number of thioether (sulfide) groups is 1. The summed E-state index contributed by atoms with van der Waals surface area (Å²) in [4.78, 5) is 8.13. The number of hydrogen-bond donors (Lipinski definition) is 1. The van der Waals surface area contributed by atoms with E-state index in [0.717, 1.165) is 17.2 Å². The fraction of sp³-hybridized carbons (Fsp3) is 0.500. The van der Waals surface area contributed by atoms with E-state index in [1.165, 1.54) is 0 Å². The van der Waals surface area contributed by atoms with Gasteiger partial charge in [-0.1, -0.05) is 0 Å². The number of hydrogen-bond acceptors (Lipinski definition) is 4. The third kappa shape index (κ3) is 3.69. The van der Waals surface area contributed by atoms with Crippen LogP contribution in [0.5, 0.6) is 0 Å². The molecule has 0 radical (unpaired) electrons. The van der Waals surface area contributed by atoms with Gasteiger partial charge in [-0.15, -0.1) is 0 Å². The Morgan fingerprint density at radius 3 is 3.00 bits per heavy atom. The fourth-order valence-electron chi connectivity index (χ4n) is 0.754. The van der Waals surface area contributed by atoms with Gasteiger partial charge in [0.2, 0.25) is 0 Å². The molecular weight excluding hydrogens is 170 g/mol. The molecule has 4 heteroatoms. The summed E-state index contributed by atoms with van der Waals surface area (Å²) in [6, 6.07) is 0.256. The number of aromatic nitrogens is 2. The first-order valence-corrected chi connectivity index (χ1v) is 5.02. The van der Waals surface area contributed by atoms with Crippen LogP contribution in [0.1, 0.15) is 12.6 Å². The summed E-state index contributed by atoms with van der Waals surface area (Å²) in [5, 5.41) is 0. The zero-order valence-corrected chi connectivity index (χ0v) is 7.92. The number of nitrogens with zero attached hydrogens (tertiary/aromatic N) is 2. The quantitative estimate of drug-likeness (QED) is 0.758. The molecule has 1 aromatic rings. The van der Waals surface area contributed by atoms with E-state index >= 15 is 0 Å². The standard InChI is InChI=1S/C8H13N3S/c1-7(9)5-12-6-8-4-10-2-3-11-8/h2-4,7H,5-6,9H2,1H3. The second kappa shape index (κ2) is 5.11. The molecule has 1 rings (SSSR count). The molecule has 1 unspecified atom stereocenters. The summed E-state index contributed by atoms with van der Waals surface area (Å²) in [5.41, 5.74) is 6.62. The highest BCUT2D eigenvalue weighted by atomic mass is 32.2. The molecule has 0 saturated carbocycles. The Hall–Kier alpha value is -0.610. The van der Waals surface area contributed by atoms with Gasteiger partial charge in [-0.05, 0) is 6.92 Å². The predicted octanol–water partition coefficient (Wildman–Crippen LogP) is 1.06. The lowest BCUT2D eigenvalue weighted by Crippen LogP contribution is -2.17. The van der Waals surface area contributed by atoms with Crippen LogP contribution >= 0.6 is 11.8 Å². The minimum atomic E-state index is 0.256. The van der Waals surface area contributed by atoms with E-state index in [9.17, 15) is 0 Å². The molecule has 0 amide bonds. The second-order valence-corrected chi connectivity index (χ2v) is 3.72. The Kier molecular flexibility index (Phi) is 4.04. The minimum Gasteiger partial charge on any atom is -0.327 e. The first-order valence-electron chi connectivity index (χ1n) is 3.87. The molecular formula is C8H13N3S. The molecule has 0 aliphatic carbocycles. The smallest absolute Gasteiger partial charge is 0.0685 e. The maximum absolute atomic E-state index is 5.60. The highest BCUT2D eigenvalue weighted by Crippen LogP contribution is 2.08. The molecule has 3 nitrogen and oxygen atoms in total. The Morgan fingerprint density at radius 2 is 2.42 bits per heavy atom. The van der Waals surface area contributed by atoms with Gasteiger partial charge in [-0.2, -0.15) is 11.8 Å². The highest BCUT2D eigenvalue weighted by Gasteiger charge is 1.96. The molecule has 0 spiro atoms. The van der Waals surface area contributed by atoms with Gasteiger partial charge >= 0.3 is 0 Å². The molecule has 66 valence electrons. The van der Waals surface area contributed by atoms with Crippen LogP contribution in [0.25, 0.3) is 0 Å². The van der Waals surface area contributed by atoms with Crippen LogP contribution in [-0.2, 0) is 5.75 Å². The average Bonchev–Trinajstić information content (AvgIpc) is 2.05. The predicted molar refractivity (Wildman–Crippen MR) is 51.8 cm³/mol. The molecule has 1 heterocycles. The molecule has 0 aliphatic rings. The molecule has 1 aromatic heterocycles. The van der Waals surface area contributed by atoms with Crippen molar-refractivity contribution in [3.05, 3.63) is 24.3 Å². The maximum Gasteiger partial charge on any atom is 0.0685 e. The zero-order chi connectivity index (χ0) is 8.81. The van der Waals surface area contributed by atoms with Crippen LogP contribution in [0.15, 0.2) is 18.6 Å². The summed E-state index contributed by atoms with van der Waals surface area (Å²) in [7, 11) is 0. The van der Waals surface area contributed by atoms with E-state index < -0.39 is 0 Å². The molecule has 0 aromatic carbocycles. The van der Waals surface area contributed by atoms with Crippen molar-refractivity contribution in [2.24, 2.45) is 5.73 Å².